The Balaban J connectivity index is 2.45. The maximum absolute atomic E-state index is 2.26. The molecule has 0 aliphatic heterocycles. The van der Waals surface area contributed by atoms with E-state index in [9.17, 15) is 0 Å². The summed E-state index contributed by atoms with van der Waals surface area (Å²) < 4.78 is 1.53. The van der Waals surface area contributed by atoms with Crippen molar-refractivity contribution >= 4 is 25.8 Å². The fourth-order valence-electron chi connectivity index (χ4n) is 0.571. The Morgan fingerprint density at radius 2 is 1.86 bits per heavy atom. The number of hydrogen-bond donors (Lipinski definition) is 0. The van der Waals surface area contributed by atoms with Crippen LogP contribution in [0.2, 0.25) is 3.98 Å². The van der Waals surface area contributed by atoms with Crippen LogP contribution in [0.5, 0.6) is 0 Å². The second-order valence-electron chi connectivity index (χ2n) is 1.85. The fourth-order valence-corrected chi connectivity index (χ4v) is 1.69. The summed E-state index contributed by atoms with van der Waals surface area (Å²) in [5.41, 5.74) is 0. The van der Waals surface area contributed by atoms with Crippen LogP contribution < -0.4 is 0 Å². The van der Waals surface area contributed by atoms with E-state index in [-0.39, 0.29) is 0 Å². The van der Waals surface area contributed by atoms with Crippen molar-refractivity contribution in [2.24, 2.45) is 0 Å². The molecule has 0 atom stereocenters. The first kappa shape index (κ1) is 7.92. The molecule has 0 saturated heterocycles. The standard InChI is InChI=1S/C6H13.Pb.H/c1-3-5-6-4-2;;/h1,3-6H2,2H3;;. The molecule has 0 amide bonds. The molecular formula is C6H14Pb. The van der Waals surface area contributed by atoms with Crippen LogP contribution in [0.3, 0.4) is 0 Å². The van der Waals surface area contributed by atoms with Gasteiger partial charge in [-0.3, -0.25) is 0 Å². The quantitative estimate of drug-likeness (QED) is 0.548. The SMILES string of the molecule is CCCCC[CH2][PbH]. The average Bonchev–Trinajstić information content (AvgIpc) is 1.69. The van der Waals surface area contributed by atoms with Crippen LogP contribution in [-0.2, 0) is 0 Å². The number of hydrogen-bond acceptors (Lipinski definition) is 0. The summed E-state index contributed by atoms with van der Waals surface area (Å²) in [5.74, 6) is 0. The third-order valence-corrected chi connectivity index (χ3v) is 2.64. The van der Waals surface area contributed by atoms with Gasteiger partial charge in [-0.2, -0.15) is 0 Å². The molecule has 0 N–H and O–H groups in total. The van der Waals surface area contributed by atoms with Crippen molar-refractivity contribution in [3.8, 4) is 0 Å². The van der Waals surface area contributed by atoms with Crippen LogP contribution in [0.15, 0.2) is 0 Å². The number of rotatable bonds is 4. The van der Waals surface area contributed by atoms with Gasteiger partial charge < -0.3 is 0 Å². The second-order valence-corrected chi connectivity index (χ2v) is 4.09. The minimum atomic E-state index is 1.24. The van der Waals surface area contributed by atoms with Crippen molar-refractivity contribution in [3.05, 3.63) is 0 Å². The van der Waals surface area contributed by atoms with Gasteiger partial charge in [0.25, 0.3) is 0 Å². The molecule has 0 aromatic rings. The molecule has 0 heterocycles. The predicted molar refractivity (Wildman–Crippen MR) is 36.1 cm³/mol. The van der Waals surface area contributed by atoms with Gasteiger partial charge in [0, 0.05) is 0 Å². The second kappa shape index (κ2) is 6.92. The third kappa shape index (κ3) is 6.92. The van der Waals surface area contributed by atoms with Gasteiger partial charge in [-0.25, -0.2) is 0 Å². The Morgan fingerprint density at radius 1 is 1.14 bits per heavy atom. The fraction of sp³-hybridized carbons (Fsp3) is 1.00. The molecule has 0 aromatic heterocycles. The van der Waals surface area contributed by atoms with Crippen molar-refractivity contribution in [1.29, 1.82) is 0 Å². The van der Waals surface area contributed by atoms with Crippen molar-refractivity contribution in [2.75, 3.05) is 0 Å². The van der Waals surface area contributed by atoms with Gasteiger partial charge in [0.2, 0.25) is 0 Å². The van der Waals surface area contributed by atoms with Gasteiger partial charge in [0.15, 0.2) is 0 Å². The van der Waals surface area contributed by atoms with Crippen LogP contribution in [0.1, 0.15) is 32.6 Å². The molecule has 0 nitrogen and oxygen atoms in total. The van der Waals surface area contributed by atoms with E-state index in [2.05, 4.69) is 6.92 Å². The monoisotopic (exact) mass is 294 g/mol. The normalized spacial score (nSPS) is 9.43. The van der Waals surface area contributed by atoms with Crippen LogP contribution in [0.4, 0.5) is 0 Å². The predicted octanol–water partition coefficient (Wildman–Crippen LogP) is 1.89. The summed E-state index contributed by atoms with van der Waals surface area (Å²) in [7, 11) is 0. The first-order valence-electron chi connectivity index (χ1n) is 3.12. The summed E-state index contributed by atoms with van der Waals surface area (Å²) in [5, 5.41) is 0. The Hall–Kier alpha value is 0.922. The Morgan fingerprint density at radius 3 is 2.29 bits per heavy atom. The van der Waals surface area contributed by atoms with Gasteiger partial charge in [-0.1, -0.05) is 0 Å². The molecule has 7 heavy (non-hydrogen) atoms. The number of unbranched alkanes of at least 4 members (excludes halogenated alkanes) is 3. The third-order valence-electron chi connectivity index (χ3n) is 1.06. The zero-order valence-corrected chi connectivity index (χ0v) is 9.60. The van der Waals surface area contributed by atoms with Crippen LogP contribution in [-0.4, -0.2) is 25.8 Å². The van der Waals surface area contributed by atoms with E-state index < -0.39 is 0 Å². The summed E-state index contributed by atoms with van der Waals surface area (Å²) >= 11 is 1.24. The van der Waals surface area contributed by atoms with Crippen molar-refractivity contribution in [3.63, 3.8) is 0 Å². The van der Waals surface area contributed by atoms with Crippen molar-refractivity contribution in [2.45, 2.75) is 36.6 Å². The van der Waals surface area contributed by atoms with Gasteiger partial charge in [-0.05, 0) is 0 Å². The van der Waals surface area contributed by atoms with Gasteiger partial charge in [0.1, 0.15) is 0 Å². The summed E-state index contributed by atoms with van der Waals surface area (Å²) in [6, 6.07) is 0. The molecule has 1 heteroatoms. The van der Waals surface area contributed by atoms with Gasteiger partial charge in [0.05, 0.1) is 0 Å². The van der Waals surface area contributed by atoms with E-state index in [0.29, 0.717) is 0 Å². The summed E-state index contributed by atoms with van der Waals surface area (Å²) in [6.07, 6.45) is 5.81. The molecule has 42 valence electrons. The topological polar surface area (TPSA) is 0 Å². The molecule has 0 unspecified atom stereocenters. The summed E-state index contributed by atoms with van der Waals surface area (Å²) in [4.78, 5) is 0. The molecule has 2 radical (unpaired) electrons. The van der Waals surface area contributed by atoms with Gasteiger partial charge >= 0.3 is 62.4 Å². The molecular weight excluding hydrogens is 279 g/mol. The molecule has 0 bridgehead atoms. The first-order valence-corrected chi connectivity index (χ1v) is 6.29. The zero-order chi connectivity index (χ0) is 5.54. The molecule has 0 aliphatic rings. The average molecular weight is 293 g/mol. The molecule has 0 aliphatic carbocycles. The van der Waals surface area contributed by atoms with E-state index in [1.807, 2.05) is 0 Å². The molecule has 0 fully saturated rings. The molecule has 0 spiro atoms. The maximum atomic E-state index is 2.26. The van der Waals surface area contributed by atoms with Crippen molar-refractivity contribution in [1.82, 2.24) is 0 Å². The first-order chi connectivity index (χ1) is 3.41. The molecule has 0 rings (SSSR count). The minimum absolute atomic E-state index is 1.24. The van der Waals surface area contributed by atoms with E-state index in [1.165, 1.54) is 55.4 Å². The Bertz CT molecular complexity index is 23.4. The zero-order valence-electron chi connectivity index (χ0n) is 5.11. The molecule has 0 aromatic carbocycles. The van der Waals surface area contributed by atoms with Crippen LogP contribution >= 0.6 is 0 Å². The van der Waals surface area contributed by atoms with Crippen molar-refractivity contribution < 1.29 is 0 Å². The van der Waals surface area contributed by atoms with Crippen LogP contribution in [0, 0.1) is 0 Å². The summed E-state index contributed by atoms with van der Waals surface area (Å²) in [6.45, 7) is 2.26. The molecule has 0 saturated carbocycles. The van der Waals surface area contributed by atoms with E-state index >= 15 is 0 Å². The van der Waals surface area contributed by atoms with E-state index in [4.69, 9.17) is 0 Å². The Labute approximate surface area is 62.4 Å². The van der Waals surface area contributed by atoms with E-state index in [0.717, 1.165) is 0 Å². The van der Waals surface area contributed by atoms with Gasteiger partial charge in [-0.15, -0.1) is 0 Å². The Kier molecular flexibility index (Phi) is 7.83. The van der Waals surface area contributed by atoms with Crippen LogP contribution in [0.25, 0.3) is 0 Å². The van der Waals surface area contributed by atoms with E-state index in [1.54, 1.807) is 0 Å².